The topological polar surface area (TPSA) is 6.48 Å². The molecule has 0 aromatic heterocycles. The van der Waals surface area contributed by atoms with Gasteiger partial charge in [0.2, 0.25) is 0 Å². The Bertz CT molecular complexity index is 364. The zero-order valence-electron chi connectivity index (χ0n) is 12.9. The maximum Gasteiger partial charge on any atom is 0.123 e. The molecule has 2 nitrogen and oxygen atoms in total. The molecule has 0 radical (unpaired) electrons. The maximum atomic E-state index is 12.9. The van der Waals surface area contributed by atoms with Gasteiger partial charge in [0.15, 0.2) is 0 Å². The molecule has 1 heterocycles. The van der Waals surface area contributed by atoms with Crippen LogP contribution in [0.1, 0.15) is 27.2 Å². The Balaban J connectivity index is 0.000000861. The summed E-state index contributed by atoms with van der Waals surface area (Å²) in [5.74, 6) is 0.474. The van der Waals surface area contributed by atoms with Gasteiger partial charge >= 0.3 is 0 Å². The van der Waals surface area contributed by atoms with Crippen LogP contribution in [0.25, 0.3) is 0 Å². The van der Waals surface area contributed by atoms with E-state index in [0.29, 0.717) is 12.0 Å². The average molecular weight is 266 g/mol. The molecule has 2 unspecified atom stereocenters. The van der Waals surface area contributed by atoms with Crippen molar-refractivity contribution < 1.29 is 4.39 Å². The van der Waals surface area contributed by atoms with E-state index in [1.165, 1.54) is 18.6 Å². The van der Waals surface area contributed by atoms with Gasteiger partial charge in [-0.05, 0) is 50.2 Å². The Labute approximate surface area is 117 Å². The van der Waals surface area contributed by atoms with Crippen molar-refractivity contribution in [3.8, 4) is 0 Å². The first-order valence-corrected chi connectivity index (χ1v) is 7.25. The second kappa shape index (κ2) is 7.49. The first-order chi connectivity index (χ1) is 9.08. The molecule has 0 N–H and O–H groups in total. The molecular weight excluding hydrogens is 239 g/mol. The van der Waals surface area contributed by atoms with Crippen molar-refractivity contribution in [2.24, 2.45) is 5.92 Å². The maximum absolute atomic E-state index is 12.9. The quantitative estimate of drug-likeness (QED) is 0.806. The number of likely N-dealkylation sites (tertiary alicyclic amines) is 1. The monoisotopic (exact) mass is 266 g/mol. The lowest BCUT2D eigenvalue weighted by molar-refractivity contribution is 0.194. The summed E-state index contributed by atoms with van der Waals surface area (Å²) in [6, 6.07) is 7.34. The zero-order valence-corrected chi connectivity index (χ0v) is 12.9. The summed E-state index contributed by atoms with van der Waals surface area (Å²) in [6.45, 7) is 8.57. The molecule has 2 atom stereocenters. The number of rotatable bonds is 2. The molecule has 0 bridgehead atoms. The van der Waals surface area contributed by atoms with Gasteiger partial charge in [0.1, 0.15) is 5.82 Å². The minimum absolute atomic E-state index is 0.168. The zero-order chi connectivity index (χ0) is 14.4. The summed E-state index contributed by atoms with van der Waals surface area (Å²) in [5.41, 5.74) is 1.10. The Hall–Kier alpha value is -1.09. The highest BCUT2D eigenvalue weighted by Gasteiger charge is 2.27. The van der Waals surface area contributed by atoms with Gasteiger partial charge in [-0.2, -0.15) is 0 Å². The van der Waals surface area contributed by atoms with Gasteiger partial charge < -0.3 is 9.80 Å². The van der Waals surface area contributed by atoms with E-state index in [1.807, 2.05) is 26.0 Å². The van der Waals surface area contributed by atoms with Gasteiger partial charge in [-0.3, -0.25) is 0 Å². The lowest BCUT2D eigenvalue weighted by Crippen LogP contribution is -2.47. The van der Waals surface area contributed by atoms with Crippen molar-refractivity contribution in [2.45, 2.75) is 33.2 Å². The van der Waals surface area contributed by atoms with Crippen LogP contribution in [0.2, 0.25) is 0 Å². The Morgan fingerprint density at radius 3 is 2.32 bits per heavy atom. The van der Waals surface area contributed by atoms with Crippen LogP contribution in [0.15, 0.2) is 24.3 Å². The standard InChI is InChI=1S/C14H21FN2.C2H6/c1-11-10-16(2)9-8-14(11)17(3)13-6-4-12(15)5-7-13;1-2/h4-7,11,14H,8-10H2,1-3H3;1-2H3. The molecule has 3 heteroatoms. The van der Waals surface area contributed by atoms with Crippen LogP contribution < -0.4 is 4.90 Å². The molecule has 0 saturated carbocycles. The van der Waals surface area contributed by atoms with Gasteiger partial charge in [-0.1, -0.05) is 20.8 Å². The highest BCUT2D eigenvalue weighted by atomic mass is 19.1. The molecule has 2 rings (SSSR count). The van der Waals surface area contributed by atoms with Crippen molar-refractivity contribution >= 4 is 5.69 Å². The van der Waals surface area contributed by atoms with Crippen LogP contribution in [-0.2, 0) is 0 Å². The third-order valence-electron chi connectivity index (χ3n) is 3.79. The predicted octanol–water partition coefficient (Wildman–Crippen LogP) is 3.63. The van der Waals surface area contributed by atoms with Crippen LogP contribution in [0.3, 0.4) is 0 Å². The molecule has 19 heavy (non-hydrogen) atoms. The van der Waals surface area contributed by atoms with E-state index in [1.54, 1.807) is 0 Å². The van der Waals surface area contributed by atoms with Crippen LogP contribution in [0.5, 0.6) is 0 Å². The van der Waals surface area contributed by atoms with E-state index < -0.39 is 0 Å². The van der Waals surface area contributed by atoms with E-state index >= 15 is 0 Å². The second-order valence-corrected chi connectivity index (χ2v) is 5.18. The molecular formula is C16H27FN2. The molecule has 0 amide bonds. The number of piperidine rings is 1. The van der Waals surface area contributed by atoms with Gasteiger partial charge in [0.25, 0.3) is 0 Å². The second-order valence-electron chi connectivity index (χ2n) is 5.18. The van der Waals surface area contributed by atoms with Crippen molar-refractivity contribution in [3.63, 3.8) is 0 Å². The molecule has 108 valence electrons. The molecule has 1 aliphatic rings. The largest absolute Gasteiger partial charge is 0.371 e. The van der Waals surface area contributed by atoms with Gasteiger partial charge in [-0.15, -0.1) is 0 Å². The van der Waals surface area contributed by atoms with E-state index in [-0.39, 0.29) is 5.82 Å². The average Bonchev–Trinajstić information content (AvgIpc) is 2.41. The molecule has 0 aliphatic carbocycles. The fourth-order valence-electron chi connectivity index (χ4n) is 2.78. The molecule has 1 fully saturated rings. The smallest absolute Gasteiger partial charge is 0.123 e. The van der Waals surface area contributed by atoms with Crippen LogP contribution in [-0.4, -0.2) is 38.1 Å². The first-order valence-electron chi connectivity index (χ1n) is 7.25. The van der Waals surface area contributed by atoms with Crippen molar-refractivity contribution in [1.82, 2.24) is 4.90 Å². The summed E-state index contributed by atoms with van der Waals surface area (Å²) >= 11 is 0. The Kier molecular flexibility index (Phi) is 6.29. The third kappa shape index (κ3) is 4.20. The summed E-state index contributed by atoms with van der Waals surface area (Å²) in [5, 5.41) is 0. The summed E-state index contributed by atoms with van der Waals surface area (Å²) in [4.78, 5) is 4.66. The minimum Gasteiger partial charge on any atom is -0.371 e. The lowest BCUT2D eigenvalue weighted by Gasteiger charge is -2.41. The van der Waals surface area contributed by atoms with Gasteiger partial charge in [-0.25, -0.2) is 4.39 Å². The SMILES string of the molecule is CC.CC1CN(C)CCC1N(C)c1ccc(F)cc1. The Morgan fingerprint density at radius 2 is 1.79 bits per heavy atom. The molecule has 0 spiro atoms. The molecule has 1 aromatic rings. The van der Waals surface area contributed by atoms with Crippen molar-refractivity contribution in [1.29, 1.82) is 0 Å². The van der Waals surface area contributed by atoms with E-state index in [0.717, 1.165) is 18.8 Å². The van der Waals surface area contributed by atoms with Crippen LogP contribution >= 0.6 is 0 Å². The highest BCUT2D eigenvalue weighted by molar-refractivity contribution is 5.46. The van der Waals surface area contributed by atoms with Crippen LogP contribution in [0.4, 0.5) is 10.1 Å². The number of anilines is 1. The predicted molar refractivity (Wildman–Crippen MR) is 81.2 cm³/mol. The number of nitrogens with zero attached hydrogens (tertiary/aromatic N) is 2. The van der Waals surface area contributed by atoms with Crippen molar-refractivity contribution in [2.75, 3.05) is 32.1 Å². The van der Waals surface area contributed by atoms with Gasteiger partial charge in [0, 0.05) is 25.3 Å². The first kappa shape index (κ1) is 16.0. The molecule has 1 saturated heterocycles. The third-order valence-corrected chi connectivity index (χ3v) is 3.79. The summed E-state index contributed by atoms with van der Waals surface area (Å²) in [6.07, 6.45) is 1.17. The van der Waals surface area contributed by atoms with Crippen LogP contribution in [0, 0.1) is 11.7 Å². The fraction of sp³-hybridized carbons (Fsp3) is 0.625. The lowest BCUT2D eigenvalue weighted by atomic mass is 9.92. The summed E-state index contributed by atoms with van der Waals surface area (Å²) in [7, 11) is 4.28. The van der Waals surface area contributed by atoms with E-state index in [9.17, 15) is 4.39 Å². The number of hydrogen-bond acceptors (Lipinski definition) is 2. The van der Waals surface area contributed by atoms with E-state index in [4.69, 9.17) is 0 Å². The fourth-order valence-corrected chi connectivity index (χ4v) is 2.78. The molecule has 1 aliphatic heterocycles. The van der Waals surface area contributed by atoms with Gasteiger partial charge in [0.05, 0.1) is 0 Å². The highest BCUT2D eigenvalue weighted by Crippen LogP contribution is 2.25. The number of hydrogen-bond donors (Lipinski definition) is 0. The Morgan fingerprint density at radius 1 is 1.21 bits per heavy atom. The minimum atomic E-state index is -0.168. The molecule has 1 aromatic carbocycles. The summed E-state index contributed by atoms with van der Waals surface area (Å²) < 4.78 is 12.9. The normalized spacial score (nSPS) is 23.5. The number of halogens is 1. The van der Waals surface area contributed by atoms with Crippen molar-refractivity contribution in [3.05, 3.63) is 30.1 Å². The van der Waals surface area contributed by atoms with E-state index in [2.05, 4.69) is 30.8 Å². The number of benzene rings is 1.